The molecule has 1 fully saturated rings. The van der Waals surface area contributed by atoms with Crippen LogP contribution in [0.2, 0.25) is 0 Å². The number of Topliss-reactive ketones (excluding diaryl/α,β-unsaturated/α-hetero) is 1. The monoisotopic (exact) mass is 508 g/mol. The molecule has 3 N–H and O–H groups in total. The van der Waals surface area contributed by atoms with Crippen LogP contribution in [0.4, 0.5) is 15.8 Å². The highest BCUT2D eigenvalue weighted by atomic mass is 35.5. The maximum atomic E-state index is 13.2. The average molecular weight is 509 g/mol. The molecule has 0 unspecified atom stereocenters. The molecule has 2 rings (SSSR count). The van der Waals surface area contributed by atoms with Gasteiger partial charge in [0.05, 0.1) is 12.0 Å². The van der Waals surface area contributed by atoms with Crippen LogP contribution < -0.4 is 5.73 Å². The van der Waals surface area contributed by atoms with Crippen LogP contribution in [0.1, 0.15) is 43.2 Å². The number of allylic oxidation sites excluding steroid dienone is 4. The van der Waals surface area contributed by atoms with Crippen molar-refractivity contribution in [2.24, 2.45) is 4.99 Å². The first kappa shape index (κ1) is 28.0. The van der Waals surface area contributed by atoms with Gasteiger partial charge in [-0.1, -0.05) is 29.8 Å². The molecule has 0 aromatic carbocycles. The number of aliphatic hydroxyl groups is 1. The predicted octanol–water partition coefficient (Wildman–Crippen LogP) is 3.52. The van der Waals surface area contributed by atoms with Crippen LogP contribution in [0, 0.1) is 0 Å². The number of piperidine rings is 1. The number of nitrogens with zero attached hydrogens (tertiary/aromatic N) is 3. The molecule has 35 heavy (non-hydrogen) atoms. The van der Waals surface area contributed by atoms with Gasteiger partial charge in [0.25, 0.3) is 11.7 Å². The van der Waals surface area contributed by atoms with E-state index in [9.17, 15) is 23.9 Å². The minimum absolute atomic E-state index is 0.0370. The van der Waals surface area contributed by atoms with Gasteiger partial charge in [-0.15, -0.1) is 0 Å². The Labute approximate surface area is 208 Å². The molecule has 0 radical (unpaired) electrons. The number of carbonyl (C=O) groups is 3. The summed E-state index contributed by atoms with van der Waals surface area (Å²) < 4.78 is 18.3. The van der Waals surface area contributed by atoms with Crippen molar-refractivity contribution in [1.82, 2.24) is 9.80 Å². The summed E-state index contributed by atoms with van der Waals surface area (Å²) in [4.78, 5) is 43.3. The van der Waals surface area contributed by atoms with Crippen LogP contribution >= 0.6 is 11.6 Å². The van der Waals surface area contributed by atoms with Gasteiger partial charge < -0.3 is 25.1 Å². The van der Waals surface area contributed by atoms with Gasteiger partial charge in [0.15, 0.2) is 0 Å². The third-order valence-corrected chi connectivity index (χ3v) is 5.75. The molecule has 0 spiro atoms. The maximum absolute atomic E-state index is 13.2. The first-order chi connectivity index (χ1) is 16.4. The molecule has 2 amide bonds. The SMILES string of the molecule is C=C/C(F)=C\C=C(/C)CC1(O)CCN(C(=O)CC(Cl)=Nc2coc(C(=O)C(=O)N(C)C)c2N)CC1. The number of nitrogen functional groups attached to an aromatic ring is 1. The minimum Gasteiger partial charge on any atom is -0.456 e. The van der Waals surface area contributed by atoms with Crippen molar-refractivity contribution < 1.29 is 28.3 Å². The van der Waals surface area contributed by atoms with E-state index in [-0.39, 0.29) is 34.6 Å². The number of anilines is 1. The van der Waals surface area contributed by atoms with E-state index in [1.54, 1.807) is 17.9 Å². The number of carbonyl (C=O) groups excluding carboxylic acids is 3. The number of aliphatic imine (C=N–C) groups is 1. The number of nitrogens with two attached hydrogens (primary N) is 1. The normalized spacial score (nSPS) is 16.7. The van der Waals surface area contributed by atoms with Crippen molar-refractivity contribution in [3.63, 3.8) is 0 Å². The first-order valence-electron chi connectivity index (χ1n) is 10.9. The zero-order chi connectivity index (χ0) is 26.3. The molecular formula is C24H30ClFN4O5. The number of likely N-dealkylation sites (N-methyl/N-ethyl adjacent to an activating group) is 1. The predicted molar refractivity (Wildman–Crippen MR) is 132 cm³/mol. The molecule has 2 heterocycles. The van der Waals surface area contributed by atoms with E-state index < -0.39 is 23.1 Å². The molecule has 0 saturated carbocycles. The second-order valence-electron chi connectivity index (χ2n) is 8.61. The fourth-order valence-electron chi connectivity index (χ4n) is 3.54. The number of amides is 2. The number of hydrogen-bond donors (Lipinski definition) is 2. The number of likely N-dealkylation sites (tertiary alicyclic amines) is 1. The van der Waals surface area contributed by atoms with Crippen LogP contribution in [0.15, 0.2) is 51.9 Å². The summed E-state index contributed by atoms with van der Waals surface area (Å²) in [7, 11) is 2.84. The number of hydrogen-bond acceptors (Lipinski definition) is 7. The smallest absolute Gasteiger partial charge is 0.297 e. The van der Waals surface area contributed by atoms with Crippen LogP contribution in [-0.4, -0.2) is 70.5 Å². The molecule has 190 valence electrons. The van der Waals surface area contributed by atoms with Crippen molar-refractivity contribution in [2.75, 3.05) is 32.9 Å². The van der Waals surface area contributed by atoms with Gasteiger partial charge in [-0.05, 0) is 38.3 Å². The Balaban J connectivity index is 1.97. The van der Waals surface area contributed by atoms with Crippen molar-refractivity contribution >= 4 is 45.7 Å². The lowest BCUT2D eigenvalue weighted by Crippen LogP contribution is -2.47. The van der Waals surface area contributed by atoms with E-state index in [0.717, 1.165) is 22.8 Å². The standard InChI is InChI=1S/C24H30ClFN4O5/c1-5-16(26)7-6-15(2)13-24(34)8-10-30(11-9-24)19(31)12-18(25)28-17-14-35-22(20(17)27)21(32)23(33)29(3)4/h5-7,14,34H,1,8-13,27H2,2-4H3/b15-6+,16-7+,28-18?. The second-order valence-corrected chi connectivity index (χ2v) is 9.04. The second kappa shape index (κ2) is 11.9. The van der Waals surface area contributed by atoms with Crippen molar-refractivity contribution in [2.45, 2.75) is 38.2 Å². The van der Waals surface area contributed by atoms with Crippen molar-refractivity contribution in [3.05, 3.63) is 48.2 Å². The molecule has 1 aromatic rings. The van der Waals surface area contributed by atoms with E-state index in [4.69, 9.17) is 21.8 Å². The Morgan fingerprint density at radius 3 is 2.54 bits per heavy atom. The van der Waals surface area contributed by atoms with Gasteiger partial charge in [0.1, 0.15) is 28.6 Å². The summed E-state index contributed by atoms with van der Waals surface area (Å²) in [5, 5.41) is 10.8. The summed E-state index contributed by atoms with van der Waals surface area (Å²) in [6.45, 7) is 5.79. The molecule has 1 aliphatic rings. The molecule has 1 saturated heterocycles. The Morgan fingerprint density at radius 2 is 1.97 bits per heavy atom. The van der Waals surface area contributed by atoms with Gasteiger partial charge in [0.2, 0.25) is 11.7 Å². The van der Waals surface area contributed by atoms with Gasteiger partial charge in [-0.3, -0.25) is 14.4 Å². The summed E-state index contributed by atoms with van der Waals surface area (Å²) in [6, 6.07) is 0. The Kier molecular flexibility index (Phi) is 9.55. The molecule has 0 bridgehead atoms. The Bertz CT molecular complexity index is 1080. The van der Waals surface area contributed by atoms with Crippen LogP contribution in [0.25, 0.3) is 0 Å². The highest BCUT2D eigenvalue weighted by Gasteiger charge is 2.34. The summed E-state index contributed by atoms with van der Waals surface area (Å²) in [5.74, 6) is -2.82. The van der Waals surface area contributed by atoms with E-state index in [1.165, 1.54) is 20.2 Å². The van der Waals surface area contributed by atoms with Gasteiger partial charge >= 0.3 is 0 Å². The third-order valence-electron chi connectivity index (χ3n) is 5.53. The van der Waals surface area contributed by atoms with E-state index in [0.29, 0.717) is 32.4 Å². The Morgan fingerprint density at radius 1 is 1.34 bits per heavy atom. The maximum Gasteiger partial charge on any atom is 0.297 e. The van der Waals surface area contributed by atoms with Gasteiger partial charge in [0, 0.05) is 27.2 Å². The quantitative estimate of drug-likeness (QED) is 0.227. The largest absolute Gasteiger partial charge is 0.456 e. The summed E-state index contributed by atoms with van der Waals surface area (Å²) in [5.41, 5.74) is 5.57. The highest BCUT2D eigenvalue weighted by Crippen LogP contribution is 2.31. The number of ketones is 1. The summed E-state index contributed by atoms with van der Waals surface area (Å²) >= 11 is 6.15. The van der Waals surface area contributed by atoms with E-state index in [1.807, 2.05) is 0 Å². The third kappa shape index (κ3) is 7.63. The molecule has 11 heteroatoms. The molecule has 9 nitrogen and oxygen atoms in total. The van der Waals surface area contributed by atoms with Crippen molar-refractivity contribution in [3.8, 4) is 0 Å². The first-order valence-corrected chi connectivity index (χ1v) is 11.3. The van der Waals surface area contributed by atoms with Crippen LogP contribution in [-0.2, 0) is 9.59 Å². The minimum atomic E-state index is -0.994. The lowest BCUT2D eigenvalue weighted by molar-refractivity contribution is -0.134. The van der Waals surface area contributed by atoms with Crippen LogP contribution in [0.5, 0.6) is 0 Å². The zero-order valence-electron chi connectivity index (χ0n) is 20.0. The molecule has 1 aliphatic heterocycles. The lowest BCUT2D eigenvalue weighted by atomic mass is 9.85. The highest BCUT2D eigenvalue weighted by molar-refractivity contribution is 6.67. The number of rotatable bonds is 9. The zero-order valence-corrected chi connectivity index (χ0v) is 20.8. The number of halogens is 2. The topological polar surface area (TPSA) is 129 Å². The van der Waals surface area contributed by atoms with Crippen LogP contribution in [0.3, 0.4) is 0 Å². The number of furan rings is 1. The van der Waals surface area contributed by atoms with Gasteiger partial charge in [-0.25, -0.2) is 9.38 Å². The molecule has 0 atom stereocenters. The van der Waals surface area contributed by atoms with Gasteiger partial charge in [-0.2, -0.15) is 0 Å². The average Bonchev–Trinajstić information content (AvgIpc) is 3.16. The summed E-state index contributed by atoms with van der Waals surface area (Å²) in [6.07, 6.45) is 5.92. The van der Waals surface area contributed by atoms with Crippen molar-refractivity contribution in [1.29, 1.82) is 0 Å². The molecule has 1 aromatic heterocycles. The molecular weight excluding hydrogens is 479 g/mol. The Hall–Kier alpha value is -3.24. The fraction of sp³-hybridized carbons (Fsp3) is 0.417. The fourth-order valence-corrected chi connectivity index (χ4v) is 3.75. The van der Waals surface area contributed by atoms with E-state index >= 15 is 0 Å². The molecule has 0 aliphatic carbocycles. The lowest BCUT2D eigenvalue weighted by Gasteiger charge is -2.38. The van der Waals surface area contributed by atoms with E-state index in [2.05, 4.69) is 11.6 Å².